The van der Waals surface area contributed by atoms with Gasteiger partial charge >= 0.3 is 0 Å². The lowest BCUT2D eigenvalue weighted by Crippen LogP contribution is -2.41. The lowest BCUT2D eigenvalue weighted by Gasteiger charge is -2.32. The molecule has 3 nitrogen and oxygen atoms in total. The van der Waals surface area contributed by atoms with Crippen molar-refractivity contribution in [3.8, 4) is 0 Å². The Morgan fingerprint density at radius 3 is 2.84 bits per heavy atom. The SMILES string of the molecule is Cc1ccc(CC(=O)N2CCCC(CO)C2)cc1C. The summed E-state index contributed by atoms with van der Waals surface area (Å²) in [5.74, 6) is 0.443. The first-order valence-electron chi connectivity index (χ1n) is 7.05. The van der Waals surface area contributed by atoms with E-state index in [9.17, 15) is 9.90 Å². The van der Waals surface area contributed by atoms with Gasteiger partial charge in [-0.15, -0.1) is 0 Å². The lowest BCUT2D eigenvalue weighted by atomic mass is 9.98. The van der Waals surface area contributed by atoms with Gasteiger partial charge < -0.3 is 10.0 Å². The zero-order chi connectivity index (χ0) is 13.8. The van der Waals surface area contributed by atoms with Crippen molar-refractivity contribution in [2.75, 3.05) is 19.7 Å². The summed E-state index contributed by atoms with van der Waals surface area (Å²) in [7, 11) is 0. The van der Waals surface area contributed by atoms with Crippen LogP contribution in [-0.4, -0.2) is 35.6 Å². The number of amides is 1. The first kappa shape index (κ1) is 14.1. The van der Waals surface area contributed by atoms with E-state index < -0.39 is 0 Å². The molecule has 0 saturated carbocycles. The molecule has 1 saturated heterocycles. The molecular formula is C16H23NO2. The van der Waals surface area contributed by atoms with Gasteiger partial charge in [0.15, 0.2) is 0 Å². The molecule has 0 aliphatic carbocycles. The van der Waals surface area contributed by atoms with Crippen LogP contribution in [0.1, 0.15) is 29.5 Å². The molecule has 1 aromatic carbocycles. The molecule has 1 aliphatic rings. The number of nitrogens with zero attached hydrogens (tertiary/aromatic N) is 1. The van der Waals surface area contributed by atoms with Crippen molar-refractivity contribution in [3.63, 3.8) is 0 Å². The molecule has 104 valence electrons. The van der Waals surface area contributed by atoms with Crippen molar-refractivity contribution in [1.29, 1.82) is 0 Å². The van der Waals surface area contributed by atoms with Crippen LogP contribution in [0.3, 0.4) is 0 Å². The highest BCUT2D eigenvalue weighted by Crippen LogP contribution is 2.17. The van der Waals surface area contributed by atoms with Crippen LogP contribution in [0.2, 0.25) is 0 Å². The van der Waals surface area contributed by atoms with E-state index in [0.29, 0.717) is 13.0 Å². The number of carbonyl (C=O) groups is 1. The van der Waals surface area contributed by atoms with Crippen molar-refractivity contribution >= 4 is 5.91 Å². The molecule has 3 heteroatoms. The van der Waals surface area contributed by atoms with Gasteiger partial charge in [0.05, 0.1) is 6.42 Å². The molecule has 1 fully saturated rings. The summed E-state index contributed by atoms with van der Waals surface area (Å²) in [6, 6.07) is 6.21. The second kappa shape index (κ2) is 6.20. The number of likely N-dealkylation sites (tertiary alicyclic amines) is 1. The number of carbonyl (C=O) groups excluding carboxylic acids is 1. The van der Waals surface area contributed by atoms with Gasteiger partial charge in [-0.3, -0.25) is 4.79 Å². The van der Waals surface area contributed by atoms with Gasteiger partial charge in [0.1, 0.15) is 0 Å². The summed E-state index contributed by atoms with van der Waals surface area (Å²) >= 11 is 0. The molecule has 1 aliphatic heterocycles. The largest absolute Gasteiger partial charge is 0.396 e. The topological polar surface area (TPSA) is 40.5 Å². The number of aliphatic hydroxyl groups excluding tert-OH is 1. The van der Waals surface area contributed by atoms with E-state index >= 15 is 0 Å². The number of hydrogen-bond donors (Lipinski definition) is 1. The third-order valence-corrected chi connectivity index (χ3v) is 4.06. The maximum atomic E-state index is 12.3. The molecule has 1 amide bonds. The monoisotopic (exact) mass is 261 g/mol. The Labute approximate surface area is 115 Å². The van der Waals surface area contributed by atoms with Crippen LogP contribution in [-0.2, 0) is 11.2 Å². The molecule has 0 spiro atoms. The maximum absolute atomic E-state index is 12.3. The van der Waals surface area contributed by atoms with Crippen molar-refractivity contribution in [1.82, 2.24) is 4.90 Å². The lowest BCUT2D eigenvalue weighted by molar-refractivity contribution is -0.132. The summed E-state index contributed by atoms with van der Waals surface area (Å²) < 4.78 is 0. The maximum Gasteiger partial charge on any atom is 0.227 e. The molecule has 1 atom stereocenters. The third kappa shape index (κ3) is 3.57. The highest BCUT2D eigenvalue weighted by molar-refractivity contribution is 5.79. The van der Waals surface area contributed by atoms with Gasteiger partial charge in [0.25, 0.3) is 0 Å². The smallest absolute Gasteiger partial charge is 0.227 e. The molecule has 1 aromatic rings. The van der Waals surface area contributed by atoms with E-state index in [-0.39, 0.29) is 18.4 Å². The van der Waals surface area contributed by atoms with Crippen LogP contribution in [0, 0.1) is 19.8 Å². The number of aliphatic hydroxyl groups is 1. The molecular weight excluding hydrogens is 238 g/mol. The van der Waals surface area contributed by atoms with E-state index in [0.717, 1.165) is 24.9 Å². The fraction of sp³-hybridized carbons (Fsp3) is 0.562. The van der Waals surface area contributed by atoms with Crippen molar-refractivity contribution in [2.24, 2.45) is 5.92 Å². The van der Waals surface area contributed by atoms with Gasteiger partial charge in [-0.1, -0.05) is 18.2 Å². The van der Waals surface area contributed by atoms with Crippen molar-refractivity contribution < 1.29 is 9.90 Å². The third-order valence-electron chi connectivity index (χ3n) is 4.06. The zero-order valence-corrected chi connectivity index (χ0v) is 11.9. The van der Waals surface area contributed by atoms with Gasteiger partial charge in [-0.25, -0.2) is 0 Å². The van der Waals surface area contributed by atoms with E-state index in [2.05, 4.69) is 26.0 Å². The van der Waals surface area contributed by atoms with Gasteiger partial charge in [-0.2, -0.15) is 0 Å². The minimum atomic E-state index is 0.182. The molecule has 0 bridgehead atoms. The first-order chi connectivity index (χ1) is 9.10. The average molecular weight is 261 g/mol. The molecule has 2 rings (SSSR count). The highest BCUT2D eigenvalue weighted by Gasteiger charge is 2.23. The van der Waals surface area contributed by atoms with Crippen LogP contribution in [0.15, 0.2) is 18.2 Å². The summed E-state index contributed by atoms with van der Waals surface area (Å²) in [6.07, 6.45) is 2.51. The second-order valence-corrected chi connectivity index (χ2v) is 5.63. The fourth-order valence-corrected chi connectivity index (χ4v) is 2.64. The van der Waals surface area contributed by atoms with Crippen LogP contribution in [0.25, 0.3) is 0 Å². The van der Waals surface area contributed by atoms with Gasteiger partial charge in [0.2, 0.25) is 5.91 Å². The number of rotatable bonds is 3. The quantitative estimate of drug-likeness (QED) is 0.905. The van der Waals surface area contributed by atoms with Gasteiger partial charge in [-0.05, 0) is 49.3 Å². The molecule has 1 heterocycles. The predicted molar refractivity (Wildman–Crippen MR) is 76.0 cm³/mol. The Morgan fingerprint density at radius 2 is 2.16 bits per heavy atom. The predicted octanol–water partition coefficient (Wildman–Crippen LogP) is 2.08. The standard InChI is InChI=1S/C16H23NO2/c1-12-5-6-14(8-13(12)2)9-16(19)17-7-3-4-15(10-17)11-18/h5-6,8,15,18H,3-4,7,9-11H2,1-2H3. The Hall–Kier alpha value is -1.35. The molecule has 1 unspecified atom stereocenters. The number of aryl methyl sites for hydroxylation is 2. The van der Waals surface area contributed by atoms with E-state index in [1.54, 1.807) is 0 Å². The molecule has 1 N–H and O–H groups in total. The van der Waals surface area contributed by atoms with Crippen molar-refractivity contribution in [2.45, 2.75) is 33.1 Å². The second-order valence-electron chi connectivity index (χ2n) is 5.63. The normalized spacial score (nSPS) is 19.5. The fourth-order valence-electron chi connectivity index (χ4n) is 2.64. The Bertz CT molecular complexity index is 456. The minimum Gasteiger partial charge on any atom is -0.396 e. The summed E-state index contributed by atoms with van der Waals surface area (Å²) in [5, 5.41) is 9.21. The minimum absolute atomic E-state index is 0.182. The van der Waals surface area contributed by atoms with E-state index in [4.69, 9.17) is 0 Å². The average Bonchev–Trinajstić information content (AvgIpc) is 2.43. The Kier molecular flexibility index (Phi) is 4.59. The molecule has 19 heavy (non-hydrogen) atoms. The highest BCUT2D eigenvalue weighted by atomic mass is 16.3. The number of hydrogen-bond acceptors (Lipinski definition) is 2. The Balaban J connectivity index is 1.98. The van der Waals surface area contributed by atoms with Crippen LogP contribution < -0.4 is 0 Å². The summed E-state index contributed by atoms with van der Waals surface area (Å²) in [6.45, 7) is 5.89. The van der Waals surface area contributed by atoms with Crippen LogP contribution >= 0.6 is 0 Å². The van der Waals surface area contributed by atoms with Crippen molar-refractivity contribution in [3.05, 3.63) is 34.9 Å². The number of piperidine rings is 1. The van der Waals surface area contributed by atoms with E-state index in [1.807, 2.05) is 11.0 Å². The summed E-state index contributed by atoms with van der Waals surface area (Å²) in [5.41, 5.74) is 3.57. The first-order valence-corrected chi connectivity index (χ1v) is 7.05. The zero-order valence-electron chi connectivity index (χ0n) is 11.9. The number of benzene rings is 1. The van der Waals surface area contributed by atoms with E-state index in [1.165, 1.54) is 11.1 Å². The summed E-state index contributed by atoms with van der Waals surface area (Å²) in [4.78, 5) is 14.2. The Morgan fingerprint density at radius 1 is 1.37 bits per heavy atom. The molecule has 0 radical (unpaired) electrons. The van der Waals surface area contributed by atoms with Gasteiger partial charge in [0, 0.05) is 19.7 Å². The van der Waals surface area contributed by atoms with Crippen LogP contribution in [0.5, 0.6) is 0 Å². The van der Waals surface area contributed by atoms with Crippen LogP contribution in [0.4, 0.5) is 0 Å². The molecule has 0 aromatic heterocycles.